The molecule has 0 saturated heterocycles. The number of carbonyl (C=O) groups excluding carboxylic acids is 1. The predicted octanol–water partition coefficient (Wildman–Crippen LogP) is 2.18. The van der Waals surface area contributed by atoms with Gasteiger partial charge >= 0.3 is 12.0 Å². The Labute approximate surface area is 117 Å². The average Bonchev–Trinajstić information content (AvgIpc) is 2.73. The Morgan fingerprint density at radius 1 is 1.55 bits per heavy atom. The summed E-state index contributed by atoms with van der Waals surface area (Å²) in [6.07, 6.45) is 2.47. The van der Waals surface area contributed by atoms with Crippen LogP contribution in [0.25, 0.3) is 0 Å². The van der Waals surface area contributed by atoms with Crippen molar-refractivity contribution in [1.82, 2.24) is 5.32 Å². The summed E-state index contributed by atoms with van der Waals surface area (Å²) >= 11 is 0. The first kappa shape index (κ1) is 14.1. The third kappa shape index (κ3) is 2.66. The zero-order valence-corrected chi connectivity index (χ0v) is 11.4. The SMILES string of the molecule is C=CCC(NC(=O)N1c2ccccc2CC1C)C(=O)O. The number of carboxylic acid groups (broad SMARTS) is 1. The van der Waals surface area contributed by atoms with Crippen LogP contribution in [-0.4, -0.2) is 29.2 Å². The zero-order chi connectivity index (χ0) is 14.7. The van der Waals surface area contributed by atoms with Gasteiger partial charge in [0.25, 0.3) is 0 Å². The Balaban J connectivity index is 2.17. The van der Waals surface area contributed by atoms with Gasteiger partial charge < -0.3 is 10.4 Å². The van der Waals surface area contributed by atoms with Gasteiger partial charge in [0.1, 0.15) is 6.04 Å². The van der Waals surface area contributed by atoms with Crippen molar-refractivity contribution in [2.75, 3.05) is 4.90 Å². The molecule has 0 aliphatic carbocycles. The molecule has 2 unspecified atom stereocenters. The van der Waals surface area contributed by atoms with Crippen molar-refractivity contribution < 1.29 is 14.7 Å². The molecule has 2 N–H and O–H groups in total. The number of carbonyl (C=O) groups is 2. The Bertz CT molecular complexity index is 542. The van der Waals surface area contributed by atoms with Crippen LogP contribution in [0.5, 0.6) is 0 Å². The van der Waals surface area contributed by atoms with Gasteiger partial charge in [-0.25, -0.2) is 9.59 Å². The summed E-state index contributed by atoms with van der Waals surface area (Å²) in [6.45, 7) is 5.46. The third-order valence-electron chi connectivity index (χ3n) is 3.42. The highest BCUT2D eigenvalue weighted by Crippen LogP contribution is 2.31. The molecule has 1 heterocycles. The lowest BCUT2D eigenvalue weighted by Gasteiger charge is -2.25. The van der Waals surface area contributed by atoms with E-state index in [4.69, 9.17) is 5.11 Å². The highest BCUT2D eigenvalue weighted by Gasteiger charge is 2.32. The second-order valence-electron chi connectivity index (χ2n) is 4.92. The molecule has 1 aliphatic rings. The second-order valence-corrected chi connectivity index (χ2v) is 4.92. The summed E-state index contributed by atoms with van der Waals surface area (Å²) in [5, 5.41) is 11.6. The fraction of sp³-hybridized carbons (Fsp3) is 0.333. The largest absolute Gasteiger partial charge is 0.480 e. The maximum atomic E-state index is 12.3. The van der Waals surface area contributed by atoms with Crippen molar-refractivity contribution in [2.45, 2.75) is 31.8 Å². The molecule has 2 atom stereocenters. The van der Waals surface area contributed by atoms with Crippen LogP contribution in [0.3, 0.4) is 0 Å². The lowest BCUT2D eigenvalue weighted by molar-refractivity contribution is -0.139. The van der Waals surface area contributed by atoms with Crippen LogP contribution < -0.4 is 10.2 Å². The molecule has 2 amide bonds. The van der Waals surface area contributed by atoms with Crippen molar-refractivity contribution in [2.24, 2.45) is 0 Å². The summed E-state index contributed by atoms with van der Waals surface area (Å²) in [7, 11) is 0. The Morgan fingerprint density at radius 2 is 2.25 bits per heavy atom. The summed E-state index contributed by atoms with van der Waals surface area (Å²) in [4.78, 5) is 25.0. The van der Waals surface area contributed by atoms with E-state index in [0.29, 0.717) is 0 Å². The lowest BCUT2D eigenvalue weighted by Crippen LogP contribution is -2.49. The summed E-state index contributed by atoms with van der Waals surface area (Å²) in [5.41, 5.74) is 1.95. The number of nitrogens with zero attached hydrogens (tertiary/aromatic N) is 1. The van der Waals surface area contributed by atoms with Gasteiger partial charge in [-0.15, -0.1) is 6.58 Å². The first-order chi connectivity index (χ1) is 9.54. The first-order valence-corrected chi connectivity index (χ1v) is 6.56. The summed E-state index contributed by atoms with van der Waals surface area (Å²) in [5.74, 6) is -1.06. The Kier molecular flexibility index (Phi) is 4.08. The molecular weight excluding hydrogens is 256 g/mol. The van der Waals surface area contributed by atoms with Crippen molar-refractivity contribution in [3.05, 3.63) is 42.5 Å². The molecule has 0 spiro atoms. The van der Waals surface area contributed by atoms with E-state index < -0.39 is 12.0 Å². The number of anilines is 1. The Morgan fingerprint density at radius 3 is 2.90 bits per heavy atom. The minimum atomic E-state index is -1.06. The molecule has 20 heavy (non-hydrogen) atoms. The van der Waals surface area contributed by atoms with Crippen LogP contribution in [0.15, 0.2) is 36.9 Å². The van der Waals surface area contributed by atoms with Crippen molar-refractivity contribution in [3.63, 3.8) is 0 Å². The van der Waals surface area contributed by atoms with E-state index in [2.05, 4.69) is 11.9 Å². The van der Waals surface area contributed by atoms with E-state index in [1.54, 1.807) is 4.90 Å². The second kappa shape index (κ2) is 5.77. The number of nitrogens with one attached hydrogen (secondary N) is 1. The van der Waals surface area contributed by atoms with Crippen LogP contribution in [0.4, 0.5) is 10.5 Å². The highest BCUT2D eigenvalue weighted by atomic mass is 16.4. The van der Waals surface area contributed by atoms with Gasteiger partial charge in [0, 0.05) is 11.7 Å². The third-order valence-corrected chi connectivity index (χ3v) is 3.42. The van der Waals surface area contributed by atoms with E-state index in [-0.39, 0.29) is 18.5 Å². The number of aliphatic carboxylic acids is 1. The first-order valence-electron chi connectivity index (χ1n) is 6.56. The minimum Gasteiger partial charge on any atom is -0.480 e. The highest BCUT2D eigenvalue weighted by molar-refractivity contribution is 5.96. The molecule has 5 heteroatoms. The number of hydrogen-bond donors (Lipinski definition) is 2. The number of benzene rings is 1. The monoisotopic (exact) mass is 274 g/mol. The van der Waals surface area contributed by atoms with Gasteiger partial charge in [0.05, 0.1) is 0 Å². The minimum absolute atomic E-state index is 0.0191. The van der Waals surface area contributed by atoms with E-state index >= 15 is 0 Å². The van der Waals surface area contributed by atoms with E-state index in [1.165, 1.54) is 6.08 Å². The topological polar surface area (TPSA) is 69.6 Å². The van der Waals surface area contributed by atoms with E-state index in [0.717, 1.165) is 17.7 Å². The maximum Gasteiger partial charge on any atom is 0.326 e. The molecule has 0 aromatic heterocycles. The molecule has 1 aliphatic heterocycles. The number of fused-ring (bicyclic) bond motifs is 1. The number of amides is 2. The van der Waals surface area contributed by atoms with Gasteiger partial charge in [0.15, 0.2) is 0 Å². The van der Waals surface area contributed by atoms with Gasteiger partial charge in [0.2, 0.25) is 0 Å². The number of hydrogen-bond acceptors (Lipinski definition) is 2. The van der Waals surface area contributed by atoms with Crippen molar-refractivity contribution in [3.8, 4) is 0 Å². The molecule has 5 nitrogen and oxygen atoms in total. The standard InChI is InChI=1S/C15H18N2O3/c1-3-6-12(14(18)19)16-15(20)17-10(2)9-11-7-4-5-8-13(11)17/h3-5,7-8,10,12H,1,6,9H2,2H3,(H,16,20)(H,18,19). The number of urea groups is 1. The van der Waals surface area contributed by atoms with Gasteiger partial charge in [-0.1, -0.05) is 24.3 Å². The molecule has 2 rings (SSSR count). The molecule has 0 saturated carbocycles. The van der Waals surface area contributed by atoms with Gasteiger partial charge in [-0.2, -0.15) is 0 Å². The van der Waals surface area contributed by atoms with Crippen molar-refractivity contribution in [1.29, 1.82) is 0 Å². The quantitative estimate of drug-likeness (QED) is 0.827. The normalized spacial score (nSPS) is 18.2. The molecule has 0 fully saturated rings. The fourth-order valence-corrected chi connectivity index (χ4v) is 2.48. The van der Waals surface area contributed by atoms with E-state index in [1.807, 2.05) is 31.2 Å². The van der Waals surface area contributed by atoms with Crippen LogP contribution in [0, 0.1) is 0 Å². The predicted molar refractivity (Wildman–Crippen MR) is 76.9 cm³/mol. The van der Waals surface area contributed by atoms with Gasteiger partial charge in [-0.05, 0) is 31.4 Å². The van der Waals surface area contributed by atoms with Gasteiger partial charge in [-0.3, -0.25) is 4.90 Å². The average molecular weight is 274 g/mol. The zero-order valence-electron chi connectivity index (χ0n) is 11.4. The van der Waals surface area contributed by atoms with Crippen LogP contribution >= 0.6 is 0 Å². The summed E-state index contributed by atoms with van der Waals surface area (Å²) < 4.78 is 0. The molecule has 1 aromatic carbocycles. The number of para-hydroxylation sites is 1. The molecular formula is C15H18N2O3. The fourth-order valence-electron chi connectivity index (χ4n) is 2.48. The number of rotatable bonds is 4. The summed E-state index contributed by atoms with van der Waals surface area (Å²) in [6, 6.07) is 6.36. The van der Waals surface area contributed by atoms with Crippen molar-refractivity contribution >= 4 is 17.7 Å². The molecule has 0 radical (unpaired) electrons. The smallest absolute Gasteiger partial charge is 0.326 e. The maximum absolute atomic E-state index is 12.3. The molecule has 106 valence electrons. The molecule has 0 bridgehead atoms. The van der Waals surface area contributed by atoms with Crippen LogP contribution in [0.2, 0.25) is 0 Å². The van der Waals surface area contributed by atoms with E-state index in [9.17, 15) is 9.59 Å². The van der Waals surface area contributed by atoms with Crippen LogP contribution in [-0.2, 0) is 11.2 Å². The number of carboxylic acids is 1. The Hall–Kier alpha value is -2.30. The lowest BCUT2D eigenvalue weighted by atomic mass is 10.1. The van der Waals surface area contributed by atoms with Crippen LogP contribution in [0.1, 0.15) is 18.9 Å². The molecule has 1 aromatic rings.